The Labute approximate surface area is 82.9 Å². The molecule has 0 aliphatic carbocycles. The molecule has 2 nitrogen and oxygen atoms in total. The normalized spacial score (nSPS) is 10.3. The molecule has 0 unspecified atom stereocenters. The minimum absolute atomic E-state index is 0.103. The predicted octanol–water partition coefficient (Wildman–Crippen LogP) is 2.88. The van der Waals surface area contributed by atoms with Crippen molar-refractivity contribution in [2.24, 2.45) is 0 Å². The maximum absolute atomic E-state index is 12.8. The molecule has 0 aliphatic heterocycles. The van der Waals surface area contributed by atoms with Crippen LogP contribution in [0.1, 0.15) is 17.6 Å². The van der Waals surface area contributed by atoms with Gasteiger partial charge in [-0.3, -0.25) is 0 Å². The van der Waals surface area contributed by atoms with Crippen LogP contribution in [0.2, 0.25) is 5.15 Å². The molecule has 0 saturated heterocycles. The van der Waals surface area contributed by atoms with Gasteiger partial charge < -0.3 is 0 Å². The highest BCUT2D eigenvalue weighted by Crippen LogP contribution is 2.25. The zero-order chi connectivity index (χ0) is 10.7. The Morgan fingerprint density at radius 2 is 2.21 bits per heavy atom. The highest BCUT2D eigenvalue weighted by molar-refractivity contribution is 6.30. The zero-order valence-electron chi connectivity index (χ0n) is 6.77. The largest absolute Gasteiger partial charge is 0.268 e. The van der Waals surface area contributed by atoms with Gasteiger partial charge in [-0.1, -0.05) is 11.6 Å². The molecule has 0 aromatic carbocycles. The molecule has 0 bridgehead atoms. The molecule has 0 fully saturated rings. The fourth-order valence-electron chi connectivity index (χ4n) is 0.892. The lowest BCUT2D eigenvalue weighted by Gasteiger charge is -2.04. The molecule has 1 aromatic rings. The highest BCUT2D eigenvalue weighted by Gasteiger charge is 2.17. The number of hydrogen-bond donors (Lipinski definition) is 0. The lowest BCUT2D eigenvalue weighted by Crippen LogP contribution is -1.99. The van der Waals surface area contributed by atoms with Crippen LogP contribution in [0.15, 0.2) is 6.07 Å². The summed E-state index contributed by atoms with van der Waals surface area (Å²) in [5, 5.41) is 8.07. The molecule has 0 atom stereocenters. The summed E-state index contributed by atoms with van der Waals surface area (Å²) in [7, 11) is 0. The molecular formula is C8H4ClF3N2. The van der Waals surface area contributed by atoms with Gasteiger partial charge in [-0.25, -0.2) is 13.8 Å². The Bertz CT molecular complexity index is 387. The zero-order valence-corrected chi connectivity index (χ0v) is 7.52. The topological polar surface area (TPSA) is 36.7 Å². The SMILES string of the molecule is N#CCc1cc(C(F)F)c(F)nc1Cl. The summed E-state index contributed by atoms with van der Waals surface area (Å²) in [6, 6.07) is 2.58. The lowest BCUT2D eigenvalue weighted by molar-refractivity contribution is 0.145. The van der Waals surface area contributed by atoms with E-state index in [1.165, 1.54) is 0 Å². The van der Waals surface area contributed by atoms with Gasteiger partial charge in [-0.05, 0) is 6.07 Å². The van der Waals surface area contributed by atoms with Gasteiger partial charge in [0.05, 0.1) is 18.1 Å². The van der Waals surface area contributed by atoms with Gasteiger partial charge in [0, 0.05) is 5.56 Å². The van der Waals surface area contributed by atoms with E-state index in [4.69, 9.17) is 16.9 Å². The van der Waals surface area contributed by atoms with Crippen molar-refractivity contribution < 1.29 is 13.2 Å². The molecule has 6 heteroatoms. The number of nitriles is 1. The molecule has 0 N–H and O–H groups in total. The van der Waals surface area contributed by atoms with E-state index in [9.17, 15) is 13.2 Å². The molecule has 1 heterocycles. The first-order valence-corrected chi connectivity index (χ1v) is 3.94. The fraction of sp³-hybridized carbons (Fsp3) is 0.250. The molecule has 14 heavy (non-hydrogen) atoms. The maximum atomic E-state index is 12.8. The fourth-order valence-corrected chi connectivity index (χ4v) is 1.09. The molecular weight excluding hydrogens is 217 g/mol. The second-order valence-corrected chi connectivity index (χ2v) is 2.81. The van der Waals surface area contributed by atoms with Crippen LogP contribution < -0.4 is 0 Å². The molecule has 0 saturated carbocycles. The van der Waals surface area contributed by atoms with E-state index in [0.29, 0.717) is 0 Å². The van der Waals surface area contributed by atoms with Crippen LogP contribution in [0.3, 0.4) is 0 Å². The van der Waals surface area contributed by atoms with E-state index in [1.807, 2.05) is 0 Å². The van der Waals surface area contributed by atoms with Crippen molar-refractivity contribution in [3.05, 3.63) is 28.3 Å². The first-order chi connectivity index (χ1) is 6.56. The molecule has 1 rings (SSSR count). The van der Waals surface area contributed by atoms with Gasteiger partial charge in [0.15, 0.2) is 0 Å². The summed E-state index contributed by atoms with van der Waals surface area (Å²) in [6.07, 6.45) is -3.14. The van der Waals surface area contributed by atoms with E-state index in [2.05, 4.69) is 4.98 Å². The maximum Gasteiger partial charge on any atom is 0.268 e. The lowest BCUT2D eigenvalue weighted by atomic mass is 10.1. The monoisotopic (exact) mass is 220 g/mol. The minimum Gasteiger partial charge on any atom is -0.207 e. The summed E-state index contributed by atoms with van der Waals surface area (Å²) < 4.78 is 37.1. The van der Waals surface area contributed by atoms with E-state index in [0.717, 1.165) is 6.07 Å². The van der Waals surface area contributed by atoms with Crippen molar-refractivity contribution in [1.82, 2.24) is 4.98 Å². The van der Waals surface area contributed by atoms with E-state index in [1.54, 1.807) is 6.07 Å². The summed E-state index contributed by atoms with van der Waals surface area (Å²) >= 11 is 5.44. The molecule has 0 amide bonds. The van der Waals surface area contributed by atoms with Gasteiger partial charge in [-0.15, -0.1) is 0 Å². The number of halogens is 4. The number of alkyl halides is 2. The smallest absolute Gasteiger partial charge is 0.207 e. The van der Waals surface area contributed by atoms with E-state index >= 15 is 0 Å². The predicted molar refractivity (Wildman–Crippen MR) is 43.5 cm³/mol. The standard InChI is InChI=1S/C8H4ClF3N2/c9-6-4(1-2-13)3-5(7(10)11)8(12)14-6/h3,7H,1H2. The Kier molecular flexibility index (Phi) is 3.31. The van der Waals surface area contributed by atoms with Crippen LogP contribution in [-0.4, -0.2) is 4.98 Å². The number of nitrogens with zero attached hydrogens (tertiary/aromatic N) is 2. The molecule has 0 radical (unpaired) electrons. The van der Waals surface area contributed by atoms with Crippen LogP contribution in [0.25, 0.3) is 0 Å². The van der Waals surface area contributed by atoms with Gasteiger partial charge in [-0.2, -0.15) is 9.65 Å². The number of aromatic nitrogens is 1. The first kappa shape index (κ1) is 10.8. The average Bonchev–Trinajstić information content (AvgIpc) is 2.09. The van der Waals surface area contributed by atoms with Gasteiger partial charge in [0.2, 0.25) is 5.95 Å². The van der Waals surface area contributed by atoms with Crippen molar-refractivity contribution in [3.8, 4) is 6.07 Å². The van der Waals surface area contributed by atoms with E-state index in [-0.39, 0.29) is 17.1 Å². The summed E-state index contributed by atoms with van der Waals surface area (Å²) in [5.41, 5.74) is -0.731. The van der Waals surface area contributed by atoms with E-state index < -0.39 is 17.9 Å². The number of pyridine rings is 1. The molecule has 0 aliphatic rings. The minimum atomic E-state index is -2.96. The molecule has 1 aromatic heterocycles. The third-order valence-corrected chi connectivity index (χ3v) is 1.86. The van der Waals surface area contributed by atoms with Crippen LogP contribution in [-0.2, 0) is 6.42 Å². The summed E-state index contributed by atoms with van der Waals surface area (Å²) in [5.74, 6) is -1.30. The third-order valence-electron chi connectivity index (χ3n) is 1.53. The van der Waals surface area contributed by atoms with Crippen LogP contribution in [0, 0.1) is 17.3 Å². The quantitative estimate of drug-likeness (QED) is 0.719. The second-order valence-electron chi connectivity index (χ2n) is 2.45. The van der Waals surface area contributed by atoms with Crippen molar-refractivity contribution in [2.45, 2.75) is 12.8 Å². The Balaban J connectivity index is 3.21. The third kappa shape index (κ3) is 2.15. The van der Waals surface area contributed by atoms with Crippen LogP contribution >= 0.6 is 11.6 Å². The Morgan fingerprint density at radius 1 is 1.57 bits per heavy atom. The molecule has 74 valence electrons. The Hall–Kier alpha value is -1.28. The van der Waals surface area contributed by atoms with Crippen molar-refractivity contribution >= 4 is 11.6 Å². The number of hydrogen-bond acceptors (Lipinski definition) is 2. The van der Waals surface area contributed by atoms with Crippen molar-refractivity contribution in [1.29, 1.82) is 5.26 Å². The number of rotatable bonds is 2. The Morgan fingerprint density at radius 3 is 2.71 bits per heavy atom. The van der Waals surface area contributed by atoms with Crippen LogP contribution in [0.5, 0.6) is 0 Å². The molecule has 0 spiro atoms. The average molecular weight is 221 g/mol. The van der Waals surface area contributed by atoms with Crippen molar-refractivity contribution in [2.75, 3.05) is 0 Å². The van der Waals surface area contributed by atoms with Gasteiger partial charge >= 0.3 is 0 Å². The second kappa shape index (κ2) is 4.29. The summed E-state index contributed by atoms with van der Waals surface area (Å²) in [4.78, 5) is 3.08. The van der Waals surface area contributed by atoms with Crippen molar-refractivity contribution in [3.63, 3.8) is 0 Å². The summed E-state index contributed by atoms with van der Waals surface area (Å²) in [6.45, 7) is 0. The van der Waals surface area contributed by atoms with Gasteiger partial charge in [0.25, 0.3) is 6.43 Å². The first-order valence-electron chi connectivity index (χ1n) is 3.56. The highest BCUT2D eigenvalue weighted by atomic mass is 35.5. The van der Waals surface area contributed by atoms with Gasteiger partial charge in [0.1, 0.15) is 5.15 Å². The van der Waals surface area contributed by atoms with Crippen LogP contribution in [0.4, 0.5) is 13.2 Å².